The minimum Gasteiger partial charge on any atom is -0.492 e. The van der Waals surface area contributed by atoms with Gasteiger partial charge in [-0.15, -0.1) is 0 Å². The Morgan fingerprint density at radius 1 is 1.17 bits per heavy atom. The average Bonchev–Trinajstić information content (AvgIpc) is 2.96. The number of aromatic nitrogens is 1. The Balaban J connectivity index is 1.84. The van der Waals surface area contributed by atoms with Crippen LogP contribution in [0.5, 0.6) is 5.75 Å². The maximum Gasteiger partial charge on any atom is 0.120 e. The Morgan fingerprint density at radius 2 is 1.91 bits per heavy atom. The summed E-state index contributed by atoms with van der Waals surface area (Å²) in [5.74, 6) is 0.900. The zero-order valence-electron chi connectivity index (χ0n) is 13.4. The summed E-state index contributed by atoms with van der Waals surface area (Å²) < 4.78 is 12.7. The molecular weight excluding hydrogens is 372 g/mol. The molecule has 0 N–H and O–H groups in total. The van der Waals surface area contributed by atoms with Crippen LogP contribution in [-0.2, 0) is 0 Å². The summed E-state index contributed by atoms with van der Waals surface area (Å²) in [7, 11) is 4.12. The molecule has 1 atom stereocenters. The first-order valence-corrected chi connectivity index (χ1v) is 9.06. The largest absolute Gasteiger partial charge is 0.492 e. The Hall–Kier alpha value is -1.43. The highest BCUT2D eigenvalue weighted by molar-refractivity contribution is 9.10. The van der Waals surface area contributed by atoms with Crippen LogP contribution in [0.25, 0.3) is 21.3 Å². The van der Waals surface area contributed by atoms with E-state index in [1.807, 2.05) is 18.2 Å². The van der Waals surface area contributed by atoms with Crippen molar-refractivity contribution < 1.29 is 4.74 Å². The van der Waals surface area contributed by atoms with Crippen molar-refractivity contribution in [2.75, 3.05) is 20.7 Å². The summed E-state index contributed by atoms with van der Waals surface area (Å²) in [5, 5.41) is 1.17. The lowest BCUT2D eigenvalue weighted by Crippen LogP contribution is -2.30. The van der Waals surface area contributed by atoms with E-state index in [1.165, 1.54) is 16.9 Å². The highest BCUT2D eigenvalue weighted by atomic mass is 79.9. The Labute approximate surface area is 149 Å². The molecule has 0 spiro atoms. The van der Waals surface area contributed by atoms with E-state index >= 15 is 0 Å². The van der Waals surface area contributed by atoms with Gasteiger partial charge in [-0.05, 0) is 62.9 Å². The van der Waals surface area contributed by atoms with E-state index in [1.54, 1.807) is 0 Å². The van der Waals surface area contributed by atoms with Crippen molar-refractivity contribution in [3.8, 4) is 17.0 Å². The minimum atomic E-state index is 0.380. The van der Waals surface area contributed by atoms with E-state index in [2.05, 4.69) is 70.5 Å². The molecule has 3 aromatic rings. The van der Waals surface area contributed by atoms with Crippen molar-refractivity contribution in [1.29, 1.82) is 0 Å². The molecule has 0 saturated carbocycles. The number of rotatable bonds is 5. The number of halogens is 1. The lowest BCUT2D eigenvalue weighted by atomic mass is 10.1. The third-order valence-electron chi connectivity index (χ3n) is 3.93. The molecule has 1 heterocycles. The fourth-order valence-corrected chi connectivity index (χ4v) is 3.28. The topological polar surface area (TPSA) is 25.4 Å². The molecular formula is C18H19BrN2OS. The van der Waals surface area contributed by atoms with Gasteiger partial charge in [-0.3, -0.25) is 0 Å². The number of hydrogen-bond acceptors (Lipinski definition) is 4. The fourth-order valence-electron chi connectivity index (χ4n) is 2.19. The maximum absolute atomic E-state index is 5.90. The third-order valence-corrected chi connectivity index (χ3v) is 5.27. The fraction of sp³-hybridized carbons (Fsp3) is 0.278. The standard InChI is InChI=1S/C18H19BrN2OS/c1-12(21(2)3)11-22-15-8-9-16-17(10-15)23-20-18(16)13-4-6-14(19)7-5-13/h4-10,12H,11H2,1-3H3. The SMILES string of the molecule is CC(COc1ccc2c(-c3ccc(Br)cc3)nsc2c1)N(C)C. The van der Waals surface area contributed by atoms with Crippen LogP contribution in [0.1, 0.15) is 6.92 Å². The Bertz CT molecular complexity index is 798. The molecule has 0 aliphatic heterocycles. The van der Waals surface area contributed by atoms with Crippen LogP contribution in [0, 0.1) is 0 Å². The third kappa shape index (κ3) is 3.74. The quantitative estimate of drug-likeness (QED) is 0.608. The van der Waals surface area contributed by atoms with Gasteiger partial charge in [0.25, 0.3) is 0 Å². The molecule has 0 aliphatic carbocycles. The van der Waals surface area contributed by atoms with Crippen molar-refractivity contribution in [3.63, 3.8) is 0 Å². The first-order valence-electron chi connectivity index (χ1n) is 7.49. The molecule has 3 nitrogen and oxygen atoms in total. The molecule has 0 saturated heterocycles. The molecule has 0 fully saturated rings. The number of hydrogen-bond donors (Lipinski definition) is 0. The van der Waals surface area contributed by atoms with Crippen LogP contribution in [0.15, 0.2) is 46.9 Å². The van der Waals surface area contributed by atoms with E-state index in [0.717, 1.165) is 26.2 Å². The average molecular weight is 391 g/mol. The minimum absolute atomic E-state index is 0.380. The Morgan fingerprint density at radius 3 is 2.61 bits per heavy atom. The monoisotopic (exact) mass is 390 g/mol. The van der Waals surface area contributed by atoms with Crippen LogP contribution < -0.4 is 4.74 Å². The van der Waals surface area contributed by atoms with Gasteiger partial charge >= 0.3 is 0 Å². The zero-order chi connectivity index (χ0) is 16.4. The van der Waals surface area contributed by atoms with Crippen molar-refractivity contribution in [2.45, 2.75) is 13.0 Å². The second-order valence-corrected chi connectivity index (χ2v) is 7.54. The Kier molecular flexibility index (Phi) is 4.99. The second-order valence-electron chi connectivity index (χ2n) is 5.82. The molecule has 120 valence electrons. The lowest BCUT2D eigenvalue weighted by molar-refractivity contribution is 0.198. The van der Waals surface area contributed by atoms with Crippen molar-refractivity contribution in [1.82, 2.24) is 9.27 Å². The van der Waals surface area contributed by atoms with Gasteiger partial charge < -0.3 is 9.64 Å². The molecule has 0 amide bonds. The van der Waals surface area contributed by atoms with Gasteiger partial charge in [0, 0.05) is 21.5 Å². The summed E-state index contributed by atoms with van der Waals surface area (Å²) in [5.41, 5.74) is 2.17. The van der Waals surface area contributed by atoms with Crippen LogP contribution in [0.2, 0.25) is 0 Å². The summed E-state index contributed by atoms with van der Waals surface area (Å²) in [6.45, 7) is 2.83. The van der Waals surface area contributed by atoms with Gasteiger partial charge in [0.15, 0.2) is 0 Å². The predicted molar refractivity (Wildman–Crippen MR) is 101 cm³/mol. The summed E-state index contributed by atoms with van der Waals surface area (Å²) in [4.78, 5) is 2.15. The van der Waals surface area contributed by atoms with Crippen molar-refractivity contribution in [3.05, 3.63) is 46.9 Å². The molecule has 0 bridgehead atoms. The van der Waals surface area contributed by atoms with Gasteiger partial charge in [0.1, 0.15) is 12.4 Å². The van der Waals surface area contributed by atoms with E-state index in [4.69, 9.17) is 4.74 Å². The smallest absolute Gasteiger partial charge is 0.120 e. The normalized spacial score (nSPS) is 12.7. The van der Waals surface area contributed by atoms with E-state index < -0.39 is 0 Å². The number of benzene rings is 2. The van der Waals surface area contributed by atoms with Crippen molar-refractivity contribution in [2.24, 2.45) is 0 Å². The van der Waals surface area contributed by atoms with Crippen LogP contribution in [-0.4, -0.2) is 36.0 Å². The first-order chi connectivity index (χ1) is 11.0. The van der Waals surface area contributed by atoms with Gasteiger partial charge in [-0.25, -0.2) is 0 Å². The molecule has 1 aromatic heterocycles. The first kappa shape index (κ1) is 16.4. The van der Waals surface area contributed by atoms with E-state index in [-0.39, 0.29) is 0 Å². The van der Waals surface area contributed by atoms with Crippen LogP contribution >= 0.6 is 27.5 Å². The number of nitrogens with zero attached hydrogens (tertiary/aromatic N) is 2. The summed E-state index contributed by atoms with van der Waals surface area (Å²) in [6.07, 6.45) is 0. The number of ether oxygens (including phenoxy) is 1. The summed E-state index contributed by atoms with van der Waals surface area (Å²) >= 11 is 4.98. The van der Waals surface area contributed by atoms with Gasteiger partial charge in [0.05, 0.1) is 10.4 Å². The maximum atomic E-state index is 5.90. The van der Waals surface area contributed by atoms with Crippen molar-refractivity contribution >= 4 is 37.5 Å². The lowest BCUT2D eigenvalue weighted by Gasteiger charge is -2.19. The molecule has 1 unspecified atom stereocenters. The summed E-state index contributed by atoms with van der Waals surface area (Å²) in [6, 6.07) is 14.8. The van der Waals surface area contributed by atoms with Crippen LogP contribution in [0.3, 0.4) is 0 Å². The second kappa shape index (κ2) is 6.99. The highest BCUT2D eigenvalue weighted by Gasteiger charge is 2.10. The van der Waals surface area contributed by atoms with E-state index in [0.29, 0.717) is 12.6 Å². The molecule has 23 heavy (non-hydrogen) atoms. The van der Waals surface area contributed by atoms with Crippen LogP contribution in [0.4, 0.5) is 0 Å². The molecule has 3 rings (SSSR count). The van der Waals surface area contributed by atoms with Gasteiger partial charge in [0.2, 0.25) is 0 Å². The van der Waals surface area contributed by atoms with E-state index in [9.17, 15) is 0 Å². The molecule has 5 heteroatoms. The van der Waals surface area contributed by atoms with Gasteiger partial charge in [-0.1, -0.05) is 28.1 Å². The predicted octanol–water partition coefficient (Wildman–Crippen LogP) is 5.05. The highest BCUT2D eigenvalue weighted by Crippen LogP contribution is 2.33. The number of fused-ring (bicyclic) bond motifs is 1. The molecule has 2 aromatic carbocycles. The zero-order valence-corrected chi connectivity index (χ0v) is 15.8. The molecule has 0 radical (unpaired) electrons. The number of likely N-dealkylation sites (N-methyl/N-ethyl adjacent to an activating group) is 1. The van der Waals surface area contributed by atoms with Gasteiger partial charge in [-0.2, -0.15) is 4.37 Å². The molecule has 0 aliphatic rings.